The average molecular weight is 377 g/mol. The first kappa shape index (κ1) is 17.4. The first-order valence-corrected chi connectivity index (χ1v) is 9.85. The maximum atomic E-state index is 12.4. The maximum Gasteiger partial charge on any atom is 0.326 e. The van der Waals surface area contributed by atoms with Crippen molar-refractivity contribution >= 4 is 37.4 Å². The number of benzene rings is 2. The molecular formula is C17H15NO5S2. The smallest absolute Gasteiger partial charge is 0.326 e. The van der Waals surface area contributed by atoms with E-state index in [1.165, 1.54) is 24.3 Å². The quantitative estimate of drug-likeness (QED) is 0.613. The third-order valence-corrected chi connectivity index (χ3v) is 5.85. The molecular weight excluding hydrogens is 362 g/mol. The van der Waals surface area contributed by atoms with E-state index in [1.807, 2.05) is 17.5 Å². The van der Waals surface area contributed by atoms with E-state index in [9.17, 15) is 23.4 Å². The summed E-state index contributed by atoms with van der Waals surface area (Å²) in [5, 5.41) is 21.5. The third kappa shape index (κ3) is 4.16. The summed E-state index contributed by atoms with van der Waals surface area (Å²) in [6.45, 7) is 0. The maximum absolute atomic E-state index is 12.4. The van der Waals surface area contributed by atoms with Crippen LogP contribution < -0.4 is 4.72 Å². The lowest BCUT2D eigenvalue weighted by Gasteiger charge is -2.15. The van der Waals surface area contributed by atoms with Crippen molar-refractivity contribution in [1.29, 1.82) is 0 Å². The SMILES string of the molecule is O=C(O)C(NS(=O)(=O)Cc1ccc2sccc2c1)c1ccc(O)cc1. The molecule has 1 aromatic heterocycles. The van der Waals surface area contributed by atoms with Gasteiger partial charge in [-0.25, -0.2) is 8.42 Å². The van der Waals surface area contributed by atoms with E-state index in [0.29, 0.717) is 5.56 Å². The summed E-state index contributed by atoms with van der Waals surface area (Å²) in [7, 11) is -3.88. The van der Waals surface area contributed by atoms with Crippen molar-refractivity contribution in [3.8, 4) is 5.75 Å². The van der Waals surface area contributed by atoms with Gasteiger partial charge < -0.3 is 10.2 Å². The Kier molecular flexibility index (Phi) is 4.76. The highest BCUT2D eigenvalue weighted by Crippen LogP contribution is 2.23. The molecule has 0 aliphatic carbocycles. The van der Waals surface area contributed by atoms with Gasteiger partial charge in [0.25, 0.3) is 0 Å². The largest absolute Gasteiger partial charge is 0.508 e. The fourth-order valence-electron chi connectivity index (χ4n) is 2.47. The Hall–Kier alpha value is -2.42. The summed E-state index contributed by atoms with van der Waals surface area (Å²) in [6, 6.07) is 11.2. The molecule has 1 heterocycles. The second-order valence-electron chi connectivity index (χ2n) is 5.53. The highest BCUT2D eigenvalue weighted by atomic mass is 32.2. The Balaban J connectivity index is 1.82. The van der Waals surface area contributed by atoms with E-state index in [-0.39, 0.29) is 17.1 Å². The third-order valence-electron chi connectivity index (χ3n) is 3.64. The van der Waals surface area contributed by atoms with Crippen LogP contribution in [0.1, 0.15) is 17.2 Å². The number of rotatable bonds is 6. The van der Waals surface area contributed by atoms with Gasteiger partial charge in [-0.2, -0.15) is 4.72 Å². The van der Waals surface area contributed by atoms with Crippen molar-refractivity contribution < 1.29 is 23.4 Å². The van der Waals surface area contributed by atoms with Gasteiger partial charge in [0, 0.05) is 4.70 Å². The van der Waals surface area contributed by atoms with E-state index in [4.69, 9.17) is 0 Å². The topological polar surface area (TPSA) is 104 Å². The Morgan fingerprint density at radius 1 is 1.12 bits per heavy atom. The number of nitrogens with one attached hydrogen (secondary N) is 1. The second kappa shape index (κ2) is 6.83. The molecule has 3 N–H and O–H groups in total. The van der Waals surface area contributed by atoms with Crippen LogP contribution >= 0.6 is 11.3 Å². The highest BCUT2D eigenvalue weighted by molar-refractivity contribution is 7.88. The molecule has 0 fully saturated rings. The van der Waals surface area contributed by atoms with Crippen LogP contribution in [-0.2, 0) is 20.6 Å². The molecule has 0 bridgehead atoms. The molecule has 0 amide bonds. The van der Waals surface area contributed by atoms with Crippen LogP contribution in [0.2, 0.25) is 0 Å². The van der Waals surface area contributed by atoms with Crippen molar-refractivity contribution in [2.75, 3.05) is 0 Å². The van der Waals surface area contributed by atoms with Crippen LogP contribution in [-0.4, -0.2) is 24.6 Å². The van der Waals surface area contributed by atoms with E-state index in [1.54, 1.807) is 23.5 Å². The highest BCUT2D eigenvalue weighted by Gasteiger charge is 2.26. The van der Waals surface area contributed by atoms with Gasteiger partial charge in [-0.3, -0.25) is 4.79 Å². The molecule has 0 spiro atoms. The molecule has 25 heavy (non-hydrogen) atoms. The van der Waals surface area contributed by atoms with Crippen LogP contribution in [0.5, 0.6) is 5.75 Å². The Morgan fingerprint density at radius 3 is 2.52 bits per heavy atom. The number of hydrogen-bond donors (Lipinski definition) is 3. The molecule has 0 saturated carbocycles. The van der Waals surface area contributed by atoms with Gasteiger partial charge in [0.15, 0.2) is 0 Å². The number of carboxylic acids is 1. The number of aromatic hydroxyl groups is 1. The van der Waals surface area contributed by atoms with Crippen molar-refractivity contribution in [3.63, 3.8) is 0 Å². The van der Waals surface area contributed by atoms with Crippen molar-refractivity contribution in [2.45, 2.75) is 11.8 Å². The zero-order valence-electron chi connectivity index (χ0n) is 12.9. The Bertz CT molecular complexity index is 1010. The van der Waals surface area contributed by atoms with Crippen molar-refractivity contribution in [3.05, 3.63) is 65.0 Å². The van der Waals surface area contributed by atoms with Crippen LogP contribution in [0.4, 0.5) is 0 Å². The lowest BCUT2D eigenvalue weighted by atomic mass is 10.1. The van der Waals surface area contributed by atoms with E-state index in [0.717, 1.165) is 10.1 Å². The fraction of sp³-hybridized carbons (Fsp3) is 0.118. The minimum Gasteiger partial charge on any atom is -0.508 e. The molecule has 0 saturated heterocycles. The van der Waals surface area contributed by atoms with Gasteiger partial charge in [0.1, 0.15) is 11.8 Å². The van der Waals surface area contributed by atoms with Gasteiger partial charge in [0.05, 0.1) is 5.75 Å². The molecule has 1 unspecified atom stereocenters. The van der Waals surface area contributed by atoms with Gasteiger partial charge >= 0.3 is 5.97 Å². The van der Waals surface area contributed by atoms with Crippen LogP contribution in [0.25, 0.3) is 10.1 Å². The van der Waals surface area contributed by atoms with Gasteiger partial charge in [-0.15, -0.1) is 11.3 Å². The predicted molar refractivity (Wildman–Crippen MR) is 96.1 cm³/mol. The first-order chi connectivity index (χ1) is 11.8. The number of carbonyl (C=O) groups is 1. The number of thiophene rings is 1. The molecule has 1 atom stereocenters. The summed E-state index contributed by atoms with van der Waals surface area (Å²) in [5.41, 5.74) is 0.815. The second-order valence-corrected chi connectivity index (χ2v) is 8.23. The van der Waals surface area contributed by atoms with Crippen LogP contribution in [0.3, 0.4) is 0 Å². The van der Waals surface area contributed by atoms with Crippen molar-refractivity contribution in [1.82, 2.24) is 4.72 Å². The summed E-state index contributed by atoms with van der Waals surface area (Å²) < 4.78 is 28.1. The lowest BCUT2D eigenvalue weighted by Crippen LogP contribution is -2.34. The molecule has 0 aliphatic heterocycles. The van der Waals surface area contributed by atoms with E-state index in [2.05, 4.69) is 4.72 Å². The fourth-order valence-corrected chi connectivity index (χ4v) is 4.54. The number of carboxylic acid groups (broad SMARTS) is 1. The number of fused-ring (bicyclic) bond motifs is 1. The molecule has 3 rings (SSSR count). The molecule has 8 heteroatoms. The lowest BCUT2D eigenvalue weighted by molar-refractivity contribution is -0.139. The van der Waals surface area contributed by atoms with Gasteiger partial charge in [-0.05, 0) is 52.2 Å². The average Bonchev–Trinajstić information content (AvgIpc) is 3.00. The molecule has 6 nitrogen and oxygen atoms in total. The normalized spacial score (nSPS) is 13.0. The molecule has 2 aromatic carbocycles. The van der Waals surface area contributed by atoms with Gasteiger partial charge in [0.2, 0.25) is 10.0 Å². The molecule has 3 aromatic rings. The first-order valence-electron chi connectivity index (χ1n) is 7.32. The molecule has 0 aliphatic rings. The number of hydrogen-bond acceptors (Lipinski definition) is 5. The molecule has 130 valence electrons. The van der Waals surface area contributed by atoms with E-state index >= 15 is 0 Å². The summed E-state index contributed by atoms with van der Waals surface area (Å²) in [5.74, 6) is -1.66. The number of aliphatic carboxylic acids is 1. The van der Waals surface area contributed by atoms with Crippen LogP contribution in [0.15, 0.2) is 53.9 Å². The zero-order chi connectivity index (χ0) is 18.0. The summed E-state index contributed by atoms with van der Waals surface area (Å²) >= 11 is 1.56. The Labute approximate surface area is 148 Å². The zero-order valence-corrected chi connectivity index (χ0v) is 14.5. The minimum absolute atomic E-state index is 0.0280. The van der Waals surface area contributed by atoms with Gasteiger partial charge in [-0.1, -0.05) is 18.2 Å². The number of phenols is 1. The number of sulfonamides is 1. The van der Waals surface area contributed by atoms with Crippen LogP contribution in [0, 0.1) is 0 Å². The summed E-state index contributed by atoms with van der Waals surface area (Å²) in [6.07, 6.45) is 0. The minimum atomic E-state index is -3.88. The standard InChI is InChI=1S/C17H15NO5S2/c19-14-4-2-12(3-5-14)16(17(20)21)18-25(22,23)10-11-1-6-15-13(9-11)7-8-24-15/h1-9,16,18-19H,10H2,(H,20,21). The van der Waals surface area contributed by atoms with Crippen molar-refractivity contribution in [2.24, 2.45) is 0 Å². The Morgan fingerprint density at radius 2 is 1.84 bits per heavy atom. The predicted octanol–water partition coefficient (Wildman–Crippen LogP) is 2.85. The molecule has 0 radical (unpaired) electrons. The monoisotopic (exact) mass is 377 g/mol. The number of phenolic OH excluding ortho intramolecular Hbond substituents is 1. The summed E-state index contributed by atoms with van der Waals surface area (Å²) in [4.78, 5) is 11.5. The van der Waals surface area contributed by atoms with E-state index < -0.39 is 22.0 Å².